The van der Waals surface area contributed by atoms with Crippen molar-refractivity contribution in [3.63, 3.8) is 0 Å². The van der Waals surface area contributed by atoms with Gasteiger partial charge in [0.1, 0.15) is 5.69 Å². The minimum absolute atomic E-state index is 0.0613. The lowest BCUT2D eigenvalue weighted by Gasteiger charge is -2.35. The van der Waals surface area contributed by atoms with Gasteiger partial charge in [-0.3, -0.25) is 9.78 Å². The molecule has 1 amide bonds. The molecule has 0 saturated carbocycles. The summed E-state index contributed by atoms with van der Waals surface area (Å²) in [4.78, 5) is 17.2. The van der Waals surface area contributed by atoms with Crippen LogP contribution in [0.15, 0.2) is 18.3 Å². The maximum atomic E-state index is 12.4. The van der Waals surface area contributed by atoms with Crippen LogP contribution in [0, 0.1) is 0 Å². The molecule has 0 spiro atoms. The van der Waals surface area contributed by atoms with Crippen LogP contribution in [-0.4, -0.2) is 52.8 Å². The van der Waals surface area contributed by atoms with Crippen molar-refractivity contribution in [2.75, 3.05) is 19.7 Å². The first-order valence-electron chi connectivity index (χ1n) is 6.40. The summed E-state index contributed by atoms with van der Waals surface area (Å²) in [6.07, 6.45) is -4.59. The number of amides is 1. The summed E-state index contributed by atoms with van der Waals surface area (Å²) in [5, 5.41) is 9.10. The first-order valence-corrected chi connectivity index (χ1v) is 6.40. The molecule has 0 aliphatic carbocycles. The highest BCUT2D eigenvalue weighted by molar-refractivity contribution is 5.92. The van der Waals surface area contributed by atoms with E-state index in [4.69, 9.17) is 9.84 Å². The van der Waals surface area contributed by atoms with Gasteiger partial charge in [0, 0.05) is 19.3 Å². The number of morpholine rings is 1. The SMILES string of the molecule is CC1CN(C(=O)c2ccc(C(F)(F)F)cn2)CC(CO)O1. The van der Waals surface area contributed by atoms with Crippen LogP contribution in [0.4, 0.5) is 13.2 Å². The average Bonchev–Trinajstić information content (AvgIpc) is 2.45. The summed E-state index contributed by atoms with van der Waals surface area (Å²) in [6.45, 7) is 2.01. The fourth-order valence-electron chi connectivity index (χ4n) is 2.16. The van der Waals surface area contributed by atoms with Gasteiger partial charge in [0.05, 0.1) is 24.4 Å². The molecule has 1 aromatic heterocycles. The third-order valence-electron chi connectivity index (χ3n) is 3.13. The van der Waals surface area contributed by atoms with Gasteiger partial charge in [-0.15, -0.1) is 0 Å². The van der Waals surface area contributed by atoms with Gasteiger partial charge in [0.2, 0.25) is 0 Å². The number of aliphatic hydroxyl groups excluding tert-OH is 1. The molecule has 2 heterocycles. The predicted octanol–water partition coefficient (Wildman–Crippen LogP) is 1.32. The van der Waals surface area contributed by atoms with Crippen molar-refractivity contribution in [1.29, 1.82) is 0 Å². The molecule has 2 atom stereocenters. The molecule has 0 bridgehead atoms. The normalized spacial score (nSPS) is 23.2. The van der Waals surface area contributed by atoms with Crippen molar-refractivity contribution in [2.24, 2.45) is 0 Å². The molecule has 0 radical (unpaired) electrons. The van der Waals surface area contributed by atoms with Gasteiger partial charge in [-0.25, -0.2) is 0 Å². The number of hydrogen-bond donors (Lipinski definition) is 1. The minimum atomic E-state index is -4.48. The van der Waals surface area contributed by atoms with Gasteiger partial charge in [0.15, 0.2) is 0 Å². The Hall–Kier alpha value is -1.67. The third-order valence-corrected chi connectivity index (χ3v) is 3.13. The first kappa shape index (κ1) is 15.7. The Bertz CT molecular complexity index is 504. The number of carbonyl (C=O) groups is 1. The van der Waals surface area contributed by atoms with E-state index in [1.807, 2.05) is 0 Å². The molecule has 5 nitrogen and oxygen atoms in total. The number of nitrogens with zero attached hydrogens (tertiary/aromatic N) is 2. The summed E-state index contributed by atoms with van der Waals surface area (Å²) in [5.41, 5.74) is -0.962. The molecular formula is C13H15F3N2O3. The molecule has 1 aromatic rings. The fraction of sp³-hybridized carbons (Fsp3) is 0.538. The summed E-state index contributed by atoms with van der Waals surface area (Å²) >= 11 is 0. The third kappa shape index (κ3) is 3.70. The van der Waals surface area contributed by atoms with Crippen molar-refractivity contribution in [3.8, 4) is 0 Å². The summed E-state index contributed by atoms with van der Waals surface area (Å²) in [5.74, 6) is -0.475. The smallest absolute Gasteiger partial charge is 0.394 e. The first-order chi connectivity index (χ1) is 9.81. The van der Waals surface area contributed by atoms with E-state index in [1.165, 1.54) is 4.90 Å². The van der Waals surface area contributed by atoms with Crippen molar-refractivity contribution < 1.29 is 27.8 Å². The minimum Gasteiger partial charge on any atom is -0.394 e. The second kappa shape index (κ2) is 5.98. The summed E-state index contributed by atoms with van der Waals surface area (Å²) in [6, 6.07) is 1.88. The van der Waals surface area contributed by atoms with Gasteiger partial charge in [0.25, 0.3) is 5.91 Å². The van der Waals surface area contributed by atoms with E-state index >= 15 is 0 Å². The number of halogens is 3. The van der Waals surface area contributed by atoms with Crippen LogP contribution in [0.5, 0.6) is 0 Å². The number of carbonyl (C=O) groups excluding carboxylic acids is 1. The van der Waals surface area contributed by atoms with Crippen LogP contribution < -0.4 is 0 Å². The molecule has 21 heavy (non-hydrogen) atoms. The van der Waals surface area contributed by atoms with Crippen molar-refractivity contribution >= 4 is 5.91 Å². The van der Waals surface area contributed by atoms with E-state index < -0.39 is 23.8 Å². The maximum absolute atomic E-state index is 12.4. The zero-order valence-corrected chi connectivity index (χ0v) is 11.3. The molecule has 8 heteroatoms. The van der Waals surface area contributed by atoms with Crippen molar-refractivity contribution in [3.05, 3.63) is 29.6 Å². The Morgan fingerprint density at radius 2 is 2.19 bits per heavy atom. The molecule has 1 aliphatic rings. The van der Waals surface area contributed by atoms with Crippen molar-refractivity contribution in [2.45, 2.75) is 25.3 Å². The van der Waals surface area contributed by atoms with Gasteiger partial charge in [-0.05, 0) is 19.1 Å². The summed E-state index contributed by atoms with van der Waals surface area (Å²) < 4.78 is 42.7. The number of ether oxygens (including phenoxy) is 1. The van der Waals surface area contributed by atoms with E-state index in [9.17, 15) is 18.0 Å². The summed E-state index contributed by atoms with van der Waals surface area (Å²) in [7, 11) is 0. The predicted molar refractivity (Wildman–Crippen MR) is 66.6 cm³/mol. The number of hydrogen-bond acceptors (Lipinski definition) is 4. The largest absolute Gasteiger partial charge is 0.417 e. The monoisotopic (exact) mass is 304 g/mol. The van der Waals surface area contributed by atoms with Crippen LogP contribution in [0.3, 0.4) is 0 Å². The Labute approximate surface area is 119 Å². The quantitative estimate of drug-likeness (QED) is 0.895. The molecule has 116 valence electrons. The maximum Gasteiger partial charge on any atom is 0.417 e. The molecule has 2 unspecified atom stereocenters. The van der Waals surface area contributed by atoms with E-state index in [0.29, 0.717) is 12.7 Å². The lowest BCUT2D eigenvalue weighted by molar-refractivity contribution is -0.137. The van der Waals surface area contributed by atoms with Gasteiger partial charge in [-0.1, -0.05) is 0 Å². The van der Waals surface area contributed by atoms with Gasteiger partial charge >= 0.3 is 6.18 Å². The van der Waals surface area contributed by atoms with E-state index in [1.54, 1.807) is 6.92 Å². The highest BCUT2D eigenvalue weighted by atomic mass is 19.4. The topological polar surface area (TPSA) is 62.7 Å². The fourth-order valence-corrected chi connectivity index (χ4v) is 2.16. The van der Waals surface area contributed by atoms with Crippen molar-refractivity contribution in [1.82, 2.24) is 9.88 Å². The number of alkyl halides is 3. The highest BCUT2D eigenvalue weighted by Crippen LogP contribution is 2.28. The molecule has 0 aromatic carbocycles. The number of rotatable bonds is 2. The Balaban J connectivity index is 2.12. The number of pyridine rings is 1. The second-order valence-corrected chi connectivity index (χ2v) is 4.89. The Morgan fingerprint density at radius 3 is 2.71 bits per heavy atom. The zero-order chi connectivity index (χ0) is 15.6. The Morgan fingerprint density at radius 1 is 1.48 bits per heavy atom. The Kier molecular flexibility index (Phi) is 4.48. The highest BCUT2D eigenvalue weighted by Gasteiger charge is 2.32. The standard InChI is InChI=1S/C13H15F3N2O3/c1-8-5-18(6-10(7-19)21-8)12(20)11-3-2-9(4-17-11)13(14,15)16/h2-4,8,10,19H,5-7H2,1H3. The van der Waals surface area contributed by atoms with Crippen LogP contribution in [0.1, 0.15) is 23.0 Å². The molecule has 1 fully saturated rings. The average molecular weight is 304 g/mol. The lowest BCUT2D eigenvalue weighted by Crippen LogP contribution is -2.50. The van der Waals surface area contributed by atoms with E-state index in [0.717, 1.165) is 12.1 Å². The number of aromatic nitrogens is 1. The zero-order valence-electron chi connectivity index (χ0n) is 11.3. The second-order valence-electron chi connectivity index (χ2n) is 4.89. The van der Waals surface area contributed by atoms with Crippen LogP contribution >= 0.6 is 0 Å². The van der Waals surface area contributed by atoms with Crippen LogP contribution in [0.2, 0.25) is 0 Å². The molecule has 1 N–H and O–H groups in total. The van der Waals surface area contributed by atoms with Crippen LogP contribution in [0.25, 0.3) is 0 Å². The van der Waals surface area contributed by atoms with Gasteiger partial charge < -0.3 is 14.7 Å². The van der Waals surface area contributed by atoms with E-state index in [-0.39, 0.29) is 24.9 Å². The molecular weight excluding hydrogens is 289 g/mol. The van der Waals surface area contributed by atoms with Gasteiger partial charge in [-0.2, -0.15) is 13.2 Å². The van der Waals surface area contributed by atoms with Crippen LogP contribution in [-0.2, 0) is 10.9 Å². The van der Waals surface area contributed by atoms with E-state index in [2.05, 4.69) is 4.98 Å². The lowest BCUT2D eigenvalue weighted by atomic mass is 10.2. The molecule has 1 saturated heterocycles. The molecule has 2 rings (SSSR count). The molecule has 1 aliphatic heterocycles. The number of aliphatic hydroxyl groups is 1.